The molecule has 2 N–H and O–H groups in total. The molecule has 1 aromatic heterocycles. The Morgan fingerprint density at radius 3 is 2.59 bits per heavy atom. The summed E-state index contributed by atoms with van der Waals surface area (Å²) in [7, 11) is 0. The topological polar surface area (TPSA) is 38.9 Å². The molecule has 0 amide bonds. The van der Waals surface area contributed by atoms with Gasteiger partial charge in [-0.3, -0.25) is 4.98 Å². The second-order valence-electron chi connectivity index (χ2n) is 3.62. The predicted molar refractivity (Wildman–Crippen MR) is 69.4 cm³/mol. The fourth-order valence-corrected chi connectivity index (χ4v) is 2.43. The van der Waals surface area contributed by atoms with Gasteiger partial charge >= 0.3 is 0 Å². The van der Waals surface area contributed by atoms with Crippen LogP contribution < -0.4 is 5.73 Å². The first-order valence-electron chi connectivity index (χ1n) is 4.88. The zero-order chi connectivity index (χ0) is 12.4. The number of benzene rings is 1. The number of pyridine rings is 1. The average molecular weight is 316 g/mol. The molecule has 0 bridgehead atoms. The molecule has 1 unspecified atom stereocenters. The Kier molecular flexibility index (Phi) is 3.76. The highest BCUT2D eigenvalue weighted by Gasteiger charge is 2.11. The lowest BCUT2D eigenvalue weighted by atomic mass is 10.0. The van der Waals surface area contributed by atoms with Crippen LogP contribution in [0.3, 0.4) is 0 Å². The van der Waals surface area contributed by atoms with Crippen LogP contribution >= 0.6 is 27.5 Å². The van der Waals surface area contributed by atoms with E-state index in [0.29, 0.717) is 10.6 Å². The van der Waals surface area contributed by atoms with Crippen LogP contribution in [0.2, 0.25) is 5.02 Å². The molecule has 2 aromatic rings. The van der Waals surface area contributed by atoms with Crippen molar-refractivity contribution in [2.75, 3.05) is 0 Å². The van der Waals surface area contributed by atoms with Crippen LogP contribution in [0.5, 0.6) is 0 Å². The van der Waals surface area contributed by atoms with Gasteiger partial charge in [-0.05, 0) is 35.4 Å². The monoisotopic (exact) mass is 314 g/mol. The van der Waals surface area contributed by atoms with Crippen molar-refractivity contribution in [2.45, 2.75) is 6.04 Å². The van der Waals surface area contributed by atoms with Crippen LogP contribution in [0.25, 0.3) is 0 Å². The summed E-state index contributed by atoms with van der Waals surface area (Å²) < 4.78 is 13.9. The molecule has 1 atom stereocenters. The number of hydrogen-bond donors (Lipinski definition) is 1. The van der Waals surface area contributed by atoms with Gasteiger partial charge in [-0.15, -0.1) is 0 Å². The van der Waals surface area contributed by atoms with Crippen LogP contribution in [-0.4, -0.2) is 4.98 Å². The highest BCUT2D eigenvalue weighted by Crippen LogP contribution is 2.26. The maximum absolute atomic E-state index is 13.0. The van der Waals surface area contributed by atoms with Gasteiger partial charge in [0.25, 0.3) is 0 Å². The molecule has 0 saturated heterocycles. The Balaban J connectivity index is 2.39. The van der Waals surface area contributed by atoms with Gasteiger partial charge in [0.05, 0.1) is 12.2 Å². The molecule has 0 aliphatic carbocycles. The second kappa shape index (κ2) is 5.12. The largest absolute Gasteiger partial charge is 0.320 e. The minimum atomic E-state index is -0.451. The molecule has 0 fully saturated rings. The van der Waals surface area contributed by atoms with Crippen molar-refractivity contribution in [1.82, 2.24) is 4.98 Å². The summed E-state index contributed by atoms with van der Waals surface area (Å²) in [6, 6.07) is 6.28. The van der Waals surface area contributed by atoms with Gasteiger partial charge in [0.2, 0.25) is 0 Å². The first kappa shape index (κ1) is 12.5. The zero-order valence-electron chi connectivity index (χ0n) is 8.70. The minimum absolute atomic E-state index is 0.404. The van der Waals surface area contributed by atoms with Crippen LogP contribution in [0.1, 0.15) is 17.2 Å². The molecule has 0 saturated carbocycles. The molecule has 17 heavy (non-hydrogen) atoms. The van der Waals surface area contributed by atoms with E-state index in [1.165, 1.54) is 6.07 Å². The smallest absolute Gasteiger partial charge is 0.141 e. The van der Waals surface area contributed by atoms with Gasteiger partial charge in [-0.1, -0.05) is 27.5 Å². The lowest BCUT2D eigenvalue weighted by Gasteiger charge is -2.13. The lowest BCUT2D eigenvalue weighted by Crippen LogP contribution is -2.12. The van der Waals surface area contributed by atoms with E-state index in [-0.39, 0.29) is 0 Å². The Labute approximate surface area is 112 Å². The fraction of sp³-hybridized carbons (Fsp3) is 0.0833. The van der Waals surface area contributed by atoms with Gasteiger partial charge < -0.3 is 5.73 Å². The molecule has 2 nitrogen and oxygen atoms in total. The van der Waals surface area contributed by atoms with E-state index < -0.39 is 11.9 Å². The molecule has 5 heteroatoms. The van der Waals surface area contributed by atoms with Crippen molar-refractivity contribution in [3.8, 4) is 0 Å². The lowest BCUT2D eigenvalue weighted by molar-refractivity contribution is 0.616. The molecular weight excluding hydrogens is 307 g/mol. The number of nitrogens with two attached hydrogens (primary N) is 1. The van der Waals surface area contributed by atoms with Crippen LogP contribution in [-0.2, 0) is 0 Å². The maximum Gasteiger partial charge on any atom is 0.141 e. The van der Waals surface area contributed by atoms with Crippen molar-refractivity contribution in [2.24, 2.45) is 5.73 Å². The Morgan fingerprint density at radius 1 is 1.18 bits per heavy atom. The summed E-state index contributed by atoms with van der Waals surface area (Å²) in [6.07, 6.45) is 2.69. The second-order valence-corrected chi connectivity index (χ2v) is 4.97. The number of aromatic nitrogens is 1. The summed E-state index contributed by atoms with van der Waals surface area (Å²) in [5.74, 6) is -0.404. The van der Waals surface area contributed by atoms with Crippen LogP contribution in [0.4, 0.5) is 4.39 Å². The molecule has 0 aliphatic rings. The molecule has 0 aliphatic heterocycles. The fourth-order valence-electron chi connectivity index (χ4n) is 1.55. The molecule has 2 rings (SSSR count). The van der Waals surface area contributed by atoms with Crippen LogP contribution in [0, 0.1) is 5.82 Å². The third kappa shape index (κ3) is 3.03. The summed E-state index contributed by atoms with van der Waals surface area (Å²) in [5.41, 5.74) is 7.45. The Hall–Kier alpha value is -0.970. The van der Waals surface area contributed by atoms with E-state index in [1.54, 1.807) is 18.3 Å². The number of hydrogen-bond acceptors (Lipinski definition) is 2. The summed E-state index contributed by atoms with van der Waals surface area (Å²) in [6.45, 7) is 0. The third-order valence-electron chi connectivity index (χ3n) is 2.33. The van der Waals surface area contributed by atoms with Crippen molar-refractivity contribution in [3.63, 3.8) is 0 Å². The zero-order valence-corrected chi connectivity index (χ0v) is 11.0. The number of nitrogens with zero attached hydrogens (tertiary/aromatic N) is 1. The first-order valence-corrected chi connectivity index (χ1v) is 6.05. The van der Waals surface area contributed by atoms with E-state index in [0.717, 1.165) is 16.2 Å². The van der Waals surface area contributed by atoms with Crippen molar-refractivity contribution in [1.29, 1.82) is 0 Å². The van der Waals surface area contributed by atoms with Crippen molar-refractivity contribution < 1.29 is 4.39 Å². The summed E-state index contributed by atoms with van der Waals surface area (Å²) in [5, 5.41) is 0.578. The van der Waals surface area contributed by atoms with E-state index in [9.17, 15) is 4.39 Å². The van der Waals surface area contributed by atoms with Crippen LogP contribution in [0.15, 0.2) is 41.1 Å². The number of halogens is 3. The summed E-state index contributed by atoms with van der Waals surface area (Å²) in [4.78, 5) is 3.78. The normalized spacial score (nSPS) is 12.5. The molecule has 88 valence electrons. The minimum Gasteiger partial charge on any atom is -0.320 e. The van der Waals surface area contributed by atoms with Gasteiger partial charge in [-0.2, -0.15) is 0 Å². The molecule has 1 heterocycles. The van der Waals surface area contributed by atoms with Crippen molar-refractivity contribution >= 4 is 27.5 Å². The van der Waals surface area contributed by atoms with Gasteiger partial charge in [0.15, 0.2) is 0 Å². The Bertz CT molecular complexity index is 528. The highest BCUT2D eigenvalue weighted by atomic mass is 79.9. The van der Waals surface area contributed by atoms with E-state index in [4.69, 9.17) is 17.3 Å². The first-order chi connectivity index (χ1) is 8.06. The Morgan fingerprint density at radius 2 is 1.94 bits per heavy atom. The van der Waals surface area contributed by atoms with Crippen molar-refractivity contribution in [3.05, 3.63) is 63.1 Å². The number of rotatable bonds is 2. The van der Waals surface area contributed by atoms with E-state index in [2.05, 4.69) is 20.9 Å². The van der Waals surface area contributed by atoms with E-state index in [1.807, 2.05) is 6.07 Å². The highest BCUT2D eigenvalue weighted by molar-refractivity contribution is 9.10. The van der Waals surface area contributed by atoms with E-state index >= 15 is 0 Å². The summed E-state index contributed by atoms with van der Waals surface area (Å²) >= 11 is 9.28. The SMILES string of the molecule is NC(c1cncc(F)c1)c1cc(Cl)cc(Br)c1. The molecule has 1 aromatic carbocycles. The third-order valence-corrected chi connectivity index (χ3v) is 3.01. The molecule has 0 spiro atoms. The van der Waals surface area contributed by atoms with Gasteiger partial charge in [-0.25, -0.2) is 4.39 Å². The maximum atomic E-state index is 13.0. The predicted octanol–water partition coefficient (Wildman–Crippen LogP) is 3.68. The molecule has 0 radical (unpaired) electrons. The van der Waals surface area contributed by atoms with Gasteiger partial charge in [0.1, 0.15) is 5.82 Å². The average Bonchev–Trinajstić information content (AvgIpc) is 2.26. The van der Waals surface area contributed by atoms with Gasteiger partial charge in [0, 0.05) is 15.7 Å². The quantitative estimate of drug-likeness (QED) is 0.918. The molecular formula is C12H9BrClFN2. The standard InChI is InChI=1S/C12H9BrClFN2/c13-9-1-7(2-10(14)4-9)12(16)8-3-11(15)6-17-5-8/h1-6,12H,16H2.